The molecule has 4 nitrogen and oxygen atoms in total. The summed E-state index contributed by atoms with van der Waals surface area (Å²) in [5.41, 5.74) is 0. The first-order chi connectivity index (χ1) is 7.26. The van der Waals surface area contributed by atoms with E-state index in [1.807, 2.05) is 0 Å². The number of likely N-dealkylation sites (tertiary alicyclic amines) is 1. The quantitative estimate of drug-likeness (QED) is 0.729. The molecule has 1 heterocycles. The third-order valence-corrected chi connectivity index (χ3v) is 2.81. The Morgan fingerprint density at radius 3 is 2.67 bits per heavy atom. The Morgan fingerprint density at radius 2 is 2.13 bits per heavy atom. The van der Waals surface area contributed by atoms with Crippen LogP contribution < -0.4 is 5.32 Å². The average molecular weight is 214 g/mol. The maximum atomic E-state index is 11.4. The van der Waals surface area contributed by atoms with Gasteiger partial charge in [0.25, 0.3) is 0 Å². The van der Waals surface area contributed by atoms with E-state index in [1.165, 1.54) is 0 Å². The topological polar surface area (TPSA) is 41.6 Å². The molecule has 0 aromatic carbocycles. The third-order valence-electron chi connectivity index (χ3n) is 2.81. The molecular formula is C11H22N2O2. The number of ether oxygens (including phenoxy) is 1. The van der Waals surface area contributed by atoms with Gasteiger partial charge in [0.1, 0.15) is 0 Å². The van der Waals surface area contributed by atoms with Gasteiger partial charge in [0.15, 0.2) is 0 Å². The molecule has 88 valence electrons. The number of rotatable bonds is 5. The first kappa shape index (κ1) is 12.5. The minimum absolute atomic E-state index is 0.146. The summed E-state index contributed by atoms with van der Waals surface area (Å²) < 4.78 is 5.28. The van der Waals surface area contributed by atoms with Gasteiger partial charge < -0.3 is 10.1 Å². The molecule has 1 rings (SSSR count). The molecule has 1 saturated heterocycles. The number of hydrogen-bond donors (Lipinski definition) is 1. The lowest BCUT2D eigenvalue weighted by Crippen LogP contribution is -2.43. The van der Waals surface area contributed by atoms with E-state index >= 15 is 0 Å². The molecular weight excluding hydrogens is 192 g/mol. The van der Waals surface area contributed by atoms with Crippen LogP contribution in [-0.4, -0.2) is 50.2 Å². The van der Waals surface area contributed by atoms with Gasteiger partial charge in [-0.2, -0.15) is 0 Å². The van der Waals surface area contributed by atoms with E-state index < -0.39 is 0 Å². The van der Waals surface area contributed by atoms with Crippen molar-refractivity contribution in [3.63, 3.8) is 0 Å². The molecule has 1 fully saturated rings. The van der Waals surface area contributed by atoms with Crippen molar-refractivity contribution in [1.82, 2.24) is 10.2 Å². The Bertz CT molecular complexity index is 189. The van der Waals surface area contributed by atoms with Crippen LogP contribution in [0.5, 0.6) is 0 Å². The van der Waals surface area contributed by atoms with E-state index in [2.05, 4.69) is 17.1 Å². The van der Waals surface area contributed by atoms with Gasteiger partial charge >= 0.3 is 0 Å². The zero-order valence-corrected chi connectivity index (χ0v) is 9.79. The molecule has 0 radical (unpaired) electrons. The Labute approximate surface area is 92.0 Å². The monoisotopic (exact) mass is 214 g/mol. The molecule has 1 aliphatic heterocycles. The molecule has 0 aromatic rings. The summed E-state index contributed by atoms with van der Waals surface area (Å²) in [4.78, 5) is 13.6. The van der Waals surface area contributed by atoms with E-state index in [0.29, 0.717) is 12.6 Å². The maximum absolute atomic E-state index is 11.4. The van der Waals surface area contributed by atoms with Crippen LogP contribution in [0.1, 0.15) is 26.2 Å². The fourth-order valence-corrected chi connectivity index (χ4v) is 1.83. The van der Waals surface area contributed by atoms with Crippen molar-refractivity contribution in [1.29, 1.82) is 0 Å². The van der Waals surface area contributed by atoms with E-state index in [4.69, 9.17) is 4.74 Å². The lowest BCUT2D eigenvalue weighted by molar-refractivity contribution is -0.122. The van der Waals surface area contributed by atoms with Gasteiger partial charge in [-0.1, -0.05) is 6.92 Å². The molecule has 0 atom stereocenters. The number of carbonyl (C=O) groups excluding carboxylic acids is 1. The molecule has 1 amide bonds. The SMILES string of the molecule is CCCNC(=O)CN1CCC(OC)CC1. The molecule has 0 aliphatic carbocycles. The van der Waals surface area contributed by atoms with Crippen molar-refractivity contribution in [2.75, 3.05) is 33.3 Å². The molecule has 0 spiro atoms. The van der Waals surface area contributed by atoms with Gasteiger partial charge in [0.05, 0.1) is 12.6 Å². The highest BCUT2D eigenvalue weighted by molar-refractivity contribution is 5.77. The second-order valence-electron chi connectivity index (χ2n) is 4.06. The number of nitrogens with one attached hydrogen (secondary N) is 1. The Hall–Kier alpha value is -0.610. The minimum atomic E-state index is 0.146. The highest BCUT2D eigenvalue weighted by Crippen LogP contribution is 2.11. The normalized spacial score (nSPS) is 19.1. The zero-order valence-electron chi connectivity index (χ0n) is 9.79. The molecule has 1 N–H and O–H groups in total. The Kier molecular flexibility index (Phi) is 5.65. The van der Waals surface area contributed by atoms with E-state index in [0.717, 1.165) is 38.9 Å². The van der Waals surface area contributed by atoms with Crippen LogP contribution in [0.25, 0.3) is 0 Å². The Balaban J connectivity index is 2.15. The molecule has 0 saturated carbocycles. The molecule has 15 heavy (non-hydrogen) atoms. The van der Waals surface area contributed by atoms with Crippen LogP contribution in [0, 0.1) is 0 Å². The van der Waals surface area contributed by atoms with Crippen molar-refractivity contribution in [2.45, 2.75) is 32.3 Å². The lowest BCUT2D eigenvalue weighted by Gasteiger charge is -2.30. The summed E-state index contributed by atoms with van der Waals surface area (Å²) in [6.45, 7) is 5.32. The minimum Gasteiger partial charge on any atom is -0.381 e. The highest BCUT2D eigenvalue weighted by atomic mass is 16.5. The standard InChI is InChI=1S/C11H22N2O2/c1-3-6-12-11(14)9-13-7-4-10(15-2)5-8-13/h10H,3-9H2,1-2H3,(H,12,14). The lowest BCUT2D eigenvalue weighted by atomic mass is 10.1. The number of hydrogen-bond acceptors (Lipinski definition) is 3. The number of carbonyl (C=O) groups is 1. The Morgan fingerprint density at radius 1 is 1.47 bits per heavy atom. The highest BCUT2D eigenvalue weighted by Gasteiger charge is 2.19. The second kappa shape index (κ2) is 6.80. The summed E-state index contributed by atoms with van der Waals surface area (Å²) >= 11 is 0. The van der Waals surface area contributed by atoms with E-state index in [9.17, 15) is 4.79 Å². The van der Waals surface area contributed by atoms with Crippen LogP contribution in [0.4, 0.5) is 0 Å². The van der Waals surface area contributed by atoms with Crippen LogP contribution in [-0.2, 0) is 9.53 Å². The van der Waals surface area contributed by atoms with Crippen LogP contribution >= 0.6 is 0 Å². The fourth-order valence-electron chi connectivity index (χ4n) is 1.83. The van der Waals surface area contributed by atoms with Gasteiger partial charge in [0, 0.05) is 26.7 Å². The van der Waals surface area contributed by atoms with Crippen LogP contribution in [0.2, 0.25) is 0 Å². The zero-order chi connectivity index (χ0) is 11.1. The predicted octanol–water partition coefficient (Wildman–Crippen LogP) is 0.623. The molecule has 1 aliphatic rings. The van der Waals surface area contributed by atoms with Crippen molar-refractivity contribution < 1.29 is 9.53 Å². The molecule has 0 unspecified atom stereocenters. The predicted molar refractivity (Wildman–Crippen MR) is 59.8 cm³/mol. The third kappa shape index (κ3) is 4.62. The van der Waals surface area contributed by atoms with E-state index in [-0.39, 0.29) is 5.91 Å². The summed E-state index contributed by atoms with van der Waals surface area (Å²) in [6, 6.07) is 0. The number of nitrogens with zero attached hydrogens (tertiary/aromatic N) is 1. The number of amides is 1. The van der Waals surface area contributed by atoms with Gasteiger partial charge in [-0.25, -0.2) is 0 Å². The first-order valence-electron chi connectivity index (χ1n) is 5.78. The van der Waals surface area contributed by atoms with Crippen LogP contribution in [0.15, 0.2) is 0 Å². The largest absolute Gasteiger partial charge is 0.381 e. The first-order valence-corrected chi connectivity index (χ1v) is 5.78. The van der Waals surface area contributed by atoms with Gasteiger partial charge in [-0.3, -0.25) is 9.69 Å². The van der Waals surface area contributed by atoms with Gasteiger partial charge in [-0.05, 0) is 19.3 Å². The van der Waals surface area contributed by atoms with Gasteiger partial charge in [0.2, 0.25) is 5.91 Å². The second-order valence-corrected chi connectivity index (χ2v) is 4.06. The fraction of sp³-hybridized carbons (Fsp3) is 0.909. The summed E-state index contributed by atoms with van der Waals surface area (Å²) in [7, 11) is 1.76. The molecule has 0 bridgehead atoms. The molecule has 0 aromatic heterocycles. The summed E-state index contributed by atoms with van der Waals surface area (Å²) in [6.07, 6.45) is 3.46. The van der Waals surface area contributed by atoms with Crippen molar-refractivity contribution in [3.8, 4) is 0 Å². The average Bonchev–Trinajstić information content (AvgIpc) is 2.27. The molecule has 4 heteroatoms. The van der Waals surface area contributed by atoms with Gasteiger partial charge in [-0.15, -0.1) is 0 Å². The summed E-state index contributed by atoms with van der Waals surface area (Å²) in [5.74, 6) is 0.146. The summed E-state index contributed by atoms with van der Waals surface area (Å²) in [5, 5.41) is 2.89. The maximum Gasteiger partial charge on any atom is 0.234 e. The van der Waals surface area contributed by atoms with E-state index in [1.54, 1.807) is 7.11 Å². The number of methoxy groups -OCH3 is 1. The van der Waals surface area contributed by atoms with Crippen molar-refractivity contribution in [2.24, 2.45) is 0 Å². The smallest absolute Gasteiger partial charge is 0.234 e. The number of piperidine rings is 1. The van der Waals surface area contributed by atoms with Crippen molar-refractivity contribution >= 4 is 5.91 Å². The van der Waals surface area contributed by atoms with Crippen LogP contribution in [0.3, 0.4) is 0 Å². The van der Waals surface area contributed by atoms with Crippen molar-refractivity contribution in [3.05, 3.63) is 0 Å².